The van der Waals surface area contributed by atoms with Gasteiger partial charge in [-0.2, -0.15) is 5.10 Å². The van der Waals surface area contributed by atoms with Gasteiger partial charge in [-0.1, -0.05) is 54.1 Å². The number of rotatable bonds is 6. The van der Waals surface area contributed by atoms with Gasteiger partial charge in [-0.15, -0.1) is 0 Å². The third kappa shape index (κ3) is 4.29. The largest absolute Gasteiger partial charge is 0.372 e. The van der Waals surface area contributed by atoms with E-state index in [9.17, 15) is 9.18 Å². The van der Waals surface area contributed by atoms with Crippen molar-refractivity contribution >= 4 is 17.3 Å². The van der Waals surface area contributed by atoms with Gasteiger partial charge in [-0.25, -0.2) is 9.07 Å². The Kier molecular flexibility index (Phi) is 5.68. The Morgan fingerprint density at radius 1 is 1.08 bits per heavy atom. The molecule has 6 heteroatoms. The lowest BCUT2D eigenvalue weighted by Gasteiger charge is -2.20. The Bertz CT molecular complexity index is 926. The molecule has 0 N–H and O–H groups in total. The highest BCUT2D eigenvalue weighted by molar-refractivity contribution is 6.33. The number of anilines is 1. The molecule has 2 aromatic carbocycles. The second kappa shape index (κ2) is 8.15. The van der Waals surface area contributed by atoms with Crippen LogP contribution in [0.3, 0.4) is 0 Å². The van der Waals surface area contributed by atoms with E-state index in [0.29, 0.717) is 25.2 Å². The van der Waals surface area contributed by atoms with Crippen LogP contribution in [0.15, 0.2) is 65.6 Å². The van der Waals surface area contributed by atoms with Crippen molar-refractivity contribution in [3.8, 4) is 0 Å². The van der Waals surface area contributed by atoms with Crippen molar-refractivity contribution in [2.24, 2.45) is 0 Å². The number of nitrogens with zero attached hydrogens (tertiary/aromatic N) is 3. The standard InChI is InChI=1S/C20H19ClFN3O/c1-24(12-11-15-7-9-17(22)10-8-15)18-13-23-25(20(26)19(18)21)14-16-5-3-2-4-6-16/h2-10,13H,11-12,14H2,1H3. The summed E-state index contributed by atoms with van der Waals surface area (Å²) in [5, 5.41) is 4.40. The number of halogens is 2. The summed E-state index contributed by atoms with van der Waals surface area (Å²) < 4.78 is 14.3. The minimum Gasteiger partial charge on any atom is -0.372 e. The zero-order valence-electron chi connectivity index (χ0n) is 14.4. The van der Waals surface area contributed by atoms with E-state index in [2.05, 4.69) is 5.10 Å². The maximum absolute atomic E-state index is 13.0. The Hall–Kier alpha value is -2.66. The third-order valence-corrected chi connectivity index (χ3v) is 4.56. The van der Waals surface area contributed by atoms with E-state index in [1.54, 1.807) is 18.3 Å². The normalized spacial score (nSPS) is 10.7. The van der Waals surface area contributed by atoms with Crippen LogP contribution in [0.2, 0.25) is 5.02 Å². The molecule has 134 valence electrons. The molecule has 0 spiro atoms. The second-order valence-corrected chi connectivity index (χ2v) is 6.47. The molecule has 0 aliphatic carbocycles. The van der Waals surface area contributed by atoms with E-state index >= 15 is 0 Å². The zero-order valence-corrected chi connectivity index (χ0v) is 15.2. The van der Waals surface area contributed by atoms with Gasteiger partial charge < -0.3 is 4.90 Å². The van der Waals surface area contributed by atoms with Crippen LogP contribution in [-0.4, -0.2) is 23.4 Å². The molecule has 1 heterocycles. The van der Waals surface area contributed by atoms with Crippen LogP contribution in [0.25, 0.3) is 0 Å². The van der Waals surface area contributed by atoms with Crippen molar-refractivity contribution in [3.05, 3.63) is 93.1 Å². The van der Waals surface area contributed by atoms with Gasteiger partial charge in [0.15, 0.2) is 0 Å². The number of benzene rings is 2. The first-order chi connectivity index (χ1) is 12.5. The van der Waals surface area contributed by atoms with Crippen LogP contribution in [0.5, 0.6) is 0 Å². The van der Waals surface area contributed by atoms with Crippen LogP contribution in [0.4, 0.5) is 10.1 Å². The summed E-state index contributed by atoms with van der Waals surface area (Å²) in [6.45, 7) is 1.01. The SMILES string of the molecule is CN(CCc1ccc(F)cc1)c1cnn(Cc2ccccc2)c(=O)c1Cl. The van der Waals surface area contributed by atoms with E-state index in [-0.39, 0.29) is 16.4 Å². The molecule has 4 nitrogen and oxygen atoms in total. The summed E-state index contributed by atoms with van der Waals surface area (Å²) in [4.78, 5) is 14.4. The van der Waals surface area contributed by atoms with Gasteiger partial charge in [0.2, 0.25) is 0 Å². The summed E-state index contributed by atoms with van der Waals surface area (Å²) in [5.74, 6) is -0.253. The highest BCUT2D eigenvalue weighted by Crippen LogP contribution is 2.20. The molecule has 3 aromatic rings. The molecular formula is C20H19ClFN3O. The molecule has 0 bridgehead atoms. The van der Waals surface area contributed by atoms with Crippen molar-refractivity contribution in [2.75, 3.05) is 18.5 Å². The molecule has 26 heavy (non-hydrogen) atoms. The average Bonchev–Trinajstić information content (AvgIpc) is 2.66. The van der Waals surface area contributed by atoms with Crippen molar-refractivity contribution in [1.82, 2.24) is 9.78 Å². The molecule has 0 unspecified atom stereocenters. The van der Waals surface area contributed by atoms with Gasteiger partial charge in [-0.05, 0) is 29.7 Å². The highest BCUT2D eigenvalue weighted by Gasteiger charge is 2.13. The Morgan fingerprint density at radius 3 is 2.46 bits per heavy atom. The van der Waals surface area contributed by atoms with E-state index in [4.69, 9.17) is 11.6 Å². The predicted molar refractivity (Wildman–Crippen MR) is 102 cm³/mol. The fourth-order valence-corrected chi connectivity index (χ4v) is 2.95. The molecule has 0 saturated heterocycles. The molecule has 0 fully saturated rings. The lowest BCUT2D eigenvalue weighted by molar-refractivity contribution is 0.627. The second-order valence-electron chi connectivity index (χ2n) is 6.09. The lowest BCUT2D eigenvalue weighted by Crippen LogP contribution is -2.28. The summed E-state index contributed by atoms with van der Waals surface area (Å²) in [6, 6.07) is 16.0. The van der Waals surface area contributed by atoms with Crippen LogP contribution in [0, 0.1) is 5.82 Å². The minimum absolute atomic E-state index is 0.150. The summed E-state index contributed by atoms with van der Waals surface area (Å²) >= 11 is 6.30. The molecule has 0 aliphatic heterocycles. The van der Waals surface area contributed by atoms with Gasteiger partial charge in [-0.3, -0.25) is 4.79 Å². The zero-order chi connectivity index (χ0) is 18.5. The van der Waals surface area contributed by atoms with Gasteiger partial charge in [0.1, 0.15) is 10.8 Å². The van der Waals surface area contributed by atoms with Gasteiger partial charge in [0, 0.05) is 13.6 Å². The Morgan fingerprint density at radius 2 is 1.77 bits per heavy atom. The summed E-state index contributed by atoms with van der Waals surface area (Å²) in [7, 11) is 1.85. The van der Waals surface area contributed by atoms with Crippen LogP contribution in [0.1, 0.15) is 11.1 Å². The van der Waals surface area contributed by atoms with E-state index in [0.717, 1.165) is 11.1 Å². The van der Waals surface area contributed by atoms with Crippen molar-refractivity contribution in [3.63, 3.8) is 0 Å². The molecule has 0 aliphatic rings. The number of aromatic nitrogens is 2. The molecule has 0 radical (unpaired) electrons. The van der Waals surface area contributed by atoms with Crippen LogP contribution >= 0.6 is 11.6 Å². The predicted octanol–water partition coefficient (Wildman–Crippen LogP) is 3.76. The minimum atomic E-state index is -0.318. The van der Waals surface area contributed by atoms with Crippen molar-refractivity contribution in [2.45, 2.75) is 13.0 Å². The first-order valence-electron chi connectivity index (χ1n) is 8.30. The Balaban J connectivity index is 1.72. The van der Waals surface area contributed by atoms with E-state index in [1.165, 1.54) is 16.8 Å². The van der Waals surface area contributed by atoms with Crippen molar-refractivity contribution < 1.29 is 4.39 Å². The monoisotopic (exact) mass is 371 g/mol. The molecule has 1 aromatic heterocycles. The topological polar surface area (TPSA) is 38.1 Å². The molecule has 3 rings (SSSR count). The lowest BCUT2D eigenvalue weighted by atomic mass is 10.1. The smallest absolute Gasteiger partial charge is 0.287 e. The highest BCUT2D eigenvalue weighted by atomic mass is 35.5. The summed E-state index contributed by atoms with van der Waals surface area (Å²) in [5.41, 5.74) is 2.26. The first-order valence-corrected chi connectivity index (χ1v) is 8.67. The number of likely N-dealkylation sites (N-methyl/N-ethyl adjacent to an activating group) is 1. The maximum Gasteiger partial charge on any atom is 0.287 e. The van der Waals surface area contributed by atoms with Gasteiger partial charge in [0.25, 0.3) is 5.56 Å². The van der Waals surface area contributed by atoms with Crippen LogP contribution < -0.4 is 10.5 Å². The van der Waals surface area contributed by atoms with Crippen molar-refractivity contribution in [1.29, 1.82) is 0 Å². The Labute approximate surface area is 156 Å². The van der Waals surface area contributed by atoms with Gasteiger partial charge in [0.05, 0.1) is 18.4 Å². The van der Waals surface area contributed by atoms with E-state index in [1.807, 2.05) is 42.3 Å². The first kappa shape index (κ1) is 18.1. The fourth-order valence-electron chi connectivity index (χ4n) is 2.66. The maximum atomic E-state index is 13.0. The average molecular weight is 372 g/mol. The molecular weight excluding hydrogens is 353 g/mol. The number of hydrogen-bond acceptors (Lipinski definition) is 3. The molecule has 0 saturated carbocycles. The van der Waals surface area contributed by atoms with Gasteiger partial charge >= 0.3 is 0 Å². The molecule has 0 atom stereocenters. The van der Waals surface area contributed by atoms with E-state index < -0.39 is 0 Å². The summed E-state index contributed by atoms with van der Waals surface area (Å²) in [6.07, 6.45) is 2.32. The van der Waals surface area contributed by atoms with Crippen LogP contribution in [-0.2, 0) is 13.0 Å². The quantitative estimate of drug-likeness (QED) is 0.662. The fraction of sp³-hybridized carbons (Fsp3) is 0.200. The number of hydrogen-bond donors (Lipinski definition) is 0. The third-order valence-electron chi connectivity index (χ3n) is 4.20. The molecule has 0 amide bonds.